The van der Waals surface area contributed by atoms with Crippen LogP contribution in [0, 0.1) is 5.41 Å². The molecule has 1 saturated carbocycles. The van der Waals surface area contributed by atoms with Gasteiger partial charge in [0.25, 0.3) is 0 Å². The van der Waals surface area contributed by atoms with E-state index in [9.17, 15) is 0 Å². The molecular weight excluding hydrogens is 224 g/mol. The summed E-state index contributed by atoms with van der Waals surface area (Å²) < 4.78 is 5.63. The molecule has 1 aliphatic heterocycles. The fourth-order valence-electron chi connectivity index (χ4n) is 3.08. The van der Waals surface area contributed by atoms with E-state index in [1.54, 1.807) is 0 Å². The molecule has 18 heavy (non-hydrogen) atoms. The van der Waals surface area contributed by atoms with Gasteiger partial charge in [0.15, 0.2) is 0 Å². The van der Waals surface area contributed by atoms with Crippen molar-refractivity contribution < 1.29 is 4.74 Å². The topological polar surface area (TPSA) is 24.5 Å². The highest BCUT2D eigenvalue weighted by molar-refractivity contribution is 4.87. The van der Waals surface area contributed by atoms with Gasteiger partial charge in [-0.3, -0.25) is 4.90 Å². The van der Waals surface area contributed by atoms with Crippen molar-refractivity contribution in [2.24, 2.45) is 5.41 Å². The Morgan fingerprint density at radius 1 is 1.39 bits per heavy atom. The van der Waals surface area contributed by atoms with E-state index in [1.165, 1.54) is 38.8 Å². The van der Waals surface area contributed by atoms with Crippen LogP contribution in [-0.2, 0) is 4.74 Å². The van der Waals surface area contributed by atoms with Crippen molar-refractivity contribution in [1.29, 1.82) is 0 Å². The van der Waals surface area contributed by atoms with Crippen molar-refractivity contribution in [2.45, 2.75) is 58.6 Å². The van der Waals surface area contributed by atoms with Gasteiger partial charge in [0, 0.05) is 32.2 Å². The van der Waals surface area contributed by atoms with Crippen LogP contribution in [0.2, 0.25) is 0 Å². The van der Waals surface area contributed by atoms with Crippen LogP contribution >= 0.6 is 0 Å². The van der Waals surface area contributed by atoms with Crippen LogP contribution < -0.4 is 5.32 Å². The monoisotopic (exact) mass is 254 g/mol. The first-order chi connectivity index (χ1) is 8.61. The van der Waals surface area contributed by atoms with Crippen molar-refractivity contribution in [3.05, 3.63) is 0 Å². The molecular formula is C15H30N2O. The number of nitrogens with one attached hydrogen (secondary N) is 1. The number of hydrogen-bond acceptors (Lipinski definition) is 3. The summed E-state index contributed by atoms with van der Waals surface area (Å²) in [6.45, 7) is 12.4. The van der Waals surface area contributed by atoms with Crippen molar-refractivity contribution in [3.63, 3.8) is 0 Å². The first-order valence-electron chi connectivity index (χ1n) is 7.69. The van der Waals surface area contributed by atoms with Gasteiger partial charge in [-0.15, -0.1) is 0 Å². The lowest BCUT2D eigenvalue weighted by atomic mass is 9.84. The fourth-order valence-corrected chi connectivity index (χ4v) is 3.08. The minimum absolute atomic E-state index is 0.404. The first kappa shape index (κ1) is 14.3. The Kier molecular flexibility index (Phi) is 5.05. The average molecular weight is 254 g/mol. The molecule has 3 nitrogen and oxygen atoms in total. The van der Waals surface area contributed by atoms with Crippen LogP contribution in [0.25, 0.3) is 0 Å². The maximum Gasteiger partial charge on any atom is 0.0674 e. The van der Waals surface area contributed by atoms with Gasteiger partial charge >= 0.3 is 0 Å². The molecule has 0 amide bonds. The molecule has 1 N–H and O–H groups in total. The van der Waals surface area contributed by atoms with Crippen LogP contribution in [0.1, 0.15) is 46.5 Å². The van der Waals surface area contributed by atoms with Crippen LogP contribution in [0.3, 0.4) is 0 Å². The molecule has 0 spiro atoms. The zero-order valence-electron chi connectivity index (χ0n) is 12.4. The molecule has 0 aromatic rings. The number of hydrogen-bond donors (Lipinski definition) is 1. The summed E-state index contributed by atoms with van der Waals surface area (Å²) >= 11 is 0. The average Bonchev–Trinajstić information content (AvgIpc) is 3.10. The quantitative estimate of drug-likeness (QED) is 0.754. The van der Waals surface area contributed by atoms with Crippen molar-refractivity contribution in [1.82, 2.24) is 10.2 Å². The number of ether oxygens (including phenoxy) is 1. The van der Waals surface area contributed by atoms with Crippen LogP contribution in [0.15, 0.2) is 0 Å². The molecule has 0 aromatic heterocycles. The second-order valence-electron chi connectivity index (χ2n) is 6.63. The molecule has 2 aliphatic rings. The zero-order chi connectivity index (χ0) is 13.0. The van der Waals surface area contributed by atoms with E-state index in [2.05, 4.69) is 31.0 Å². The third-order valence-electron chi connectivity index (χ3n) is 4.18. The van der Waals surface area contributed by atoms with Crippen LogP contribution in [-0.4, -0.2) is 49.8 Å². The van der Waals surface area contributed by atoms with Crippen molar-refractivity contribution >= 4 is 0 Å². The molecule has 2 atom stereocenters. The predicted molar refractivity (Wildman–Crippen MR) is 75.9 cm³/mol. The summed E-state index contributed by atoms with van der Waals surface area (Å²) in [6, 6.07) is 0.824. The number of nitrogens with zero attached hydrogens (tertiary/aromatic N) is 1. The summed E-state index contributed by atoms with van der Waals surface area (Å²) in [6.07, 6.45) is 5.77. The normalized spacial score (nSPS) is 29.2. The summed E-state index contributed by atoms with van der Waals surface area (Å²) in [7, 11) is 0. The van der Waals surface area contributed by atoms with Gasteiger partial charge in [-0.1, -0.05) is 20.3 Å². The molecule has 0 aromatic carbocycles. The van der Waals surface area contributed by atoms with E-state index >= 15 is 0 Å². The predicted octanol–water partition coefficient (Wildman–Crippen LogP) is 2.27. The molecule has 106 valence electrons. The molecule has 1 saturated heterocycles. The summed E-state index contributed by atoms with van der Waals surface area (Å²) in [4.78, 5) is 2.60. The standard InChI is InChI=1S/C15H30N2O/c1-4-7-15(3,11-16-14-5-6-14)12-17-8-9-18-13(2)10-17/h13-14,16H,4-12H2,1-3H3. The Morgan fingerprint density at radius 2 is 2.17 bits per heavy atom. The van der Waals surface area contributed by atoms with E-state index in [0.29, 0.717) is 11.5 Å². The third kappa shape index (κ3) is 4.52. The first-order valence-corrected chi connectivity index (χ1v) is 7.69. The maximum atomic E-state index is 5.63. The lowest BCUT2D eigenvalue weighted by Gasteiger charge is -2.39. The highest BCUT2D eigenvalue weighted by Crippen LogP contribution is 2.27. The second kappa shape index (κ2) is 6.36. The minimum Gasteiger partial charge on any atom is -0.376 e. The largest absolute Gasteiger partial charge is 0.376 e. The Hall–Kier alpha value is -0.120. The fraction of sp³-hybridized carbons (Fsp3) is 1.00. The van der Waals surface area contributed by atoms with Gasteiger partial charge < -0.3 is 10.1 Å². The van der Waals surface area contributed by atoms with E-state index in [4.69, 9.17) is 4.74 Å². The lowest BCUT2D eigenvalue weighted by Crippen LogP contribution is -2.48. The van der Waals surface area contributed by atoms with E-state index < -0.39 is 0 Å². The highest BCUT2D eigenvalue weighted by atomic mass is 16.5. The van der Waals surface area contributed by atoms with Gasteiger partial charge in [-0.2, -0.15) is 0 Å². The lowest BCUT2D eigenvalue weighted by molar-refractivity contribution is -0.0315. The molecule has 3 heteroatoms. The molecule has 0 bridgehead atoms. The van der Waals surface area contributed by atoms with E-state index in [1.807, 2.05) is 0 Å². The zero-order valence-corrected chi connectivity index (χ0v) is 12.4. The Morgan fingerprint density at radius 3 is 2.78 bits per heavy atom. The highest BCUT2D eigenvalue weighted by Gasteiger charge is 2.31. The van der Waals surface area contributed by atoms with Crippen molar-refractivity contribution in [3.8, 4) is 0 Å². The molecule has 0 radical (unpaired) electrons. The number of morpholine rings is 1. The van der Waals surface area contributed by atoms with Gasteiger partial charge in [0.2, 0.25) is 0 Å². The number of rotatable bonds is 7. The maximum absolute atomic E-state index is 5.63. The van der Waals surface area contributed by atoms with Crippen LogP contribution in [0.4, 0.5) is 0 Å². The summed E-state index contributed by atoms with van der Waals surface area (Å²) in [5.74, 6) is 0. The Balaban J connectivity index is 1.82. The minimum atomic E-state index is 0.404. The van der Waals surface area contributed by atoms with Crippen LogP contribution in [0.5, 0.6) is 0 Å². The summed E-state index contributed by atoms with van der Waals surface area (Å²) in [5, 5.41) is 3.72. The molecule has 2 unspecified atom stereocenters. The van der Waals surface area contributed by atoms with Gasteiger partial charge in [0.05, 0.1) is 12.7 Å². The van der Waals surface area contributed by atoms with Crippen molar-refractivity contribution in [2.75, 3.05) is 32.8 Å². The van der Waals surface area contributed by atoms with Gasteiger partial charge in [0.1, 0.15) is 0 Å². The molecule has 1 heterocycles. The Labute approximate surface area is 112 Å². The molecule has 1 aliphatic carbocycles. The smallest absolute Gasteiger partial charge is 0.0674 e. The van der Waals surface area contributed by atoms with Gasteiger partial charge in [-0.05, 0) is 31.6 Å². The van der Waals surface area contributed by atoms with Gasteiger partial charge in [-0.25, -0.2) is 0 Å². The third-order valence-corrected chi connectivity index (χ3v) is 4.18. The van der Waals surface area contributed by atoms with E-state index in [-0.39, 0.29) is 0 Å². The summed E-state index contributed by atoms with van der Waals surface area (Å²) in [5.41, 5.74) is 0.425. The molecule has 2 fully saturated rings. The second-order valence-corrected chi connectivity index (χ2v) is 6.63. The van der Waals surface area contributed by atoms with E-state index in [0.717, 1.165) is 25.7 Å². The Bertz CT molecular complexity index is 255. The molecule has 2 rings (SSSR count). The SMILES string of the molecule is CCCC(C)(CNC1CC1)CN1CCOC(C)C1.